The maximum absolute atomic E-state index is 2.21. The molecule has 0 bridgehead atoms. The quantitative estimate of drug-likeness (QED) is 0.346. The van der Waals surface area contributed by atoms with Crippen molar-refractivity contribution in [2.45, 2.75) is 13.1 Å². The van der Waals surface area contributed by atoms with Crippen molar-refractivity contribution in [3.63, 3.8) is 0 Å². The molecule has 4 heteroatoms. The second kappa shape index (κ2) is 12.3. The molecule has 0 unspecified atom stereocenters. The van der Waals surface area contributed by atoms with Crippen molar-refractivity contribution < 1.29 is 51.0 Å². The third kappa shape index (κ3) is 6.16. The normalized spacial score (nSPS) is 8.48. The summed E-state index contributed by atoms with van der Waals surface area (Å²) in [6, 6.07) is 23.4. The van der Waals surface area contributed by atoms with Crippen molar-refractivity contribution in [1.82, 2.24) is 0 Å². The fourth-order valence-electron chi connectivity index (χ4n) is 2.03. The van der Waals surface area contributed by atoms with E-state index < -0.39 is 0 Å². The second-order valence-corrected chi connectivity index (χ2v) is 5.43. The maximum atomic E-state index is 2.21. The van der Waals surface area contributed by atoms with E-state index in [1.807, 2.05) is 0 Å². The number of hydrogen-bond acceptors (Lipinski definition) is 0. The molecule has 0 aromatic heterocycles. The summed E-state index contributed by atoms with van der Waals surface area (Å²) in [6.07, 6.45) is 0. The van der Waals surface area contributed by atoms with E-state index in [-0.39, 0.29) is 51.0 Å². The Hall–Kier alpha value is -0.270. The number of halogens is 2. The van der Waals surface area contributed by atoms with Crippen LogP contribution in [0.1, 0.15) is 0 Å². The average Bonchev–Trinajstić information content (AvgIpc) is 2.89. The first-order valence-corrected chi connectivity index (χ1v) is 8.61. The molecule has 0 nitrogen and oxygen atoms in total. The monoisotopic (exact) mass is 410 g/mol. The predicted octanol–water partition coefficient (Wildman–Crippen LogP) is -1.25. The van der Waals surface area contributed by atoms with Gasteiger partial charge < -0.3 is 24.8 Å². The molecule has 3 aromatic carbocycles. The molecule has 2 radical (unpaired) electrons. The minimum Gasteiger partial charge on any atom is -1.00 e. The predicted molar refractivity (Wildman–Crippen MR) is 83.9 cm³/mol. The third-order valence-electron chi connectivity index (χ3n) is 2.76. The smallest absolute Gasteiger partial charge is 1.00 e. The van der Waals surface area contributed by atoms with E-state index in [4.69, 9.17) is 0 Å². The van der Waals surface area contributed by atoms with Crippen molar-refractivity contribution in [2.24, 2.45) is 0 Å². The van der Waals surface area contributed by atoms with E-state index >= 15 is 0 Å². The van der Waals surface area contributed by atoms with Crippen LogP contribution in [-0.2, 0) is 26.2 Å². The summed E-state index contributed by atoms with van der Waals surface area (Å²) in [7, 11) is 0.750. The molecule has 0 amide bonds. The van der Waals surface area contributed by atoms with Gasteiger partial charge in [-0.3, -0.25) is 0 Å². The molecular weight excluding hydrogens is 394 g/mol. The van der Waals surface area contributed by atoms with Gasteiger partial charge in [-0.2, -0.15) is 12.1 Å². The summed E-state index contributed by atoms with van der Waals surface area (Å²) in [5.74, 6) is 0. The fourth-order valence-corrected chi connectivity index (χ4v) is 2.03. The molecule has 0 N–H and O–H groups in total. The summed E-state index contributed by atoms with van der Waals surface area (Å²) in [6.45, 7) is 4.42. The van der Waals surface area contributed by atoms with Crippen molar-refractivity contribution in [2.75, 3.05) is 0 Å². The first kappa shape index (κ1) is 23.0. The van der Waals surface area contributed by atoms with Crippen LogP contribution in [0.25, 0.3) is 21.9 Å². The summed E-state index contributed by atoms with van der Waals surface area (Å²) < 4.78 is 0. The Kier molecular flexibility index (Phi) is 13.5. The van der Waals surface area contributed by atoms with Crippen LogP contribution >= 0.6 is 0 Å². The van der Waals surface area contributed by atoms with Gasteiger partial charge in [0.2, 0.25) is 0 Å². The molecule has 0 atom stereocenters. The zero-order valence-corrected chi connectivity index (χ0v) is 17.3. The number of fused-ring (bicyclic) bond motifs is 1. The molecule has 0 aliphatic heterocycles. The standard InChI is InChI=1S/C15H11.C2H7Si.2ClH.Zr/c1-2-6-12(7-3-1)14-10-4-8-13-9-5-11-15(13)14;1-3-2;;;/h1-11H;3H,1-2H3;2*1H;/q-1;;;;+3/p-2. The van der Waals surface area contributed by atoms with Gasteiger partial charge in [-0.15, -0.1) is 29.0 Å². The van der Waals surface area contributed by atoms with Crippen LogP contribution < -0.4 is 24.8 Å². The van der Waals surface area contributed by atoms with E-state index in [0.29, 0.717) is 0 Å². The molecule has 0 saturated carbocycles. The second-order valence-electron chi connectivity index (χ2n) is 4.28. The molecule has 21 heavy (non-hydrogen) atoms. The fraction of sp³-hybridized carbons (Fsp3) is 0.118. The van der Waals surface area contributed by atoms with Gasteiger partial charge in [0.15, 0.2) is 0 Å². The van der Waals surface area contributed by atoms with Crippen LogP contribution in [-0.4, -0.2) is 9.52 Å². The molecule has 0 aliphatic carbocycles. The Morgan fingerprint density at radius 2 is 1.43 bits per heavy atom. The van der Waals surface area contributed by atoms with Crippen molar-refractivity contribution in [1.29, 1.82) is 0 Å². The minimum absolute atomic E-state index is 0. The Morgan fingerprint density at radius 3 is 2.05 bits per heavy atom. The van der Waals surface area contributed by atoms with Gasteiger partial charge in [0.25, 0.3) is 0 Å². The SMILES string of the molecule is C[SiH]C.[Cl-].[Cl-].[Zr+3].c1ccc(-c2cccc3[cH-]ccc23)cc1. The molecule has 0 spiro atoms. The molecule has 3 aromatic rings. The molecular formula is C17H18Cl2SiZr. The van der Waals surface area contributed by atoms with E-state index in [1.165, 1.54) is 21.9 Å². The Bertz CT molecular complexity index is 608. The van der Waals surface area contributed by atoms with Gasteiger partial charge in [-0.1, -0.05) is 55.1 Å². The zero-order chi connectivity index (χ0) is 12.8. The van der Waals surface area contributed by atoms with Gasteiger partial charge in [-0.25, -0.2) is 0 Å². The van der Waals surface area contributed by atoms with Gasteiger partial charge >= 0.3 is 26.2 Å². The zero-order valence-electron chi connectivity index (χ0n) is 12.2. The molecule has 0 aliphatic rings. The van der Waals surface area contributed by atoms with E-state index in [9.17, 15) is 0 Å². The molecule has 3 rings (SSSR count). The van der Waals surface area contributed by atoms with Crippen molar-refractivity contribution in [3.05, 3.63) is 66.7 Å². The van der Waals surface area contributed by atoms with E-state index in [1.54, 1.807) is 0 Å². The average molecular weight is 413 g/mol. The van der Waals surface area contributed by atoms with Gasteiger partial charge in [-0.05, 0) is 5.56 Å². The van der Waals surface area contributed by atoms with Gasteiger partial charge in [0, 0.05) is 9.52 Å². The van der Waals surface area contributed by atoms with Crippen LogP contribution in [0.15, 0.2) is 66.7 Å². The molecule has 108 valence electrons. The van der Waals surface area contributed by atoms with Crippen LogP contribution in [0.5, 0.6) is 0 Å². The summed E-state index contributed by atoms with van der Waals surface area (Å²) in [4.78, 5) is 0. The largest absolute Gasteiger partial charge is 3.00 e. The van der Waals surface area contributed by atoms with E-state index in [2.05, 4.69) is 79.8 Å². The number of hydrogen-bond donors (Lipinski definition) is 0. The van der Waals surface area contributed by atoms with Gasteiger partial charge in [0.05, 0.1) is 0 Å². The van der Waals surface area contributed by atoms with Crippen LogP contribution in [0.2, 0.25) is 13.1 Å². The molecule has 0 heterocycles. The third-order valence-corrected chi connectivity index (χ3v) is 2.76. The first-order chi connectivity index (χ1) is 8.86. The summed E-state index contributed by atoms with van der Waals surface area (Å²) in [5.41, 5.74) is 2.60. The van der Waals surface area contributed by atoms with Crippen molar-refractivity contribution in [3.8, 4) is 11.1 Å². The Balaban J connectivity index is 0. The van der Waals surface area contributed by atoms with E-state index in [0.717, 1.165) is 9.52 Å². The van der Waals surface area contributed by atoms with Crippen molar-refractivity contribution >= 4 is 20.3 Å². The summed E-state index contributed by atoms with van der Waals surface area (Å²) >= 11 is 0. The van der Waals surface area contributed by atoms with Crippen LogP contribution in [0, 0.1) is 0 Å². The van der Waals surface area contributed by atoms with Crippen LogP contribution in [0.4, 0.5) is 0 Å². The van der Waals surface area contributed by atoms with Gasteiger partial charge in [0.1, 0.15) is 0 Å². The molecule has 0 saturated heterocycles. The first-order valence-electron chi connectivity index (χ1n) is 6.30. The Morgan fingerprint density at radius 1 is 0.810 bits per heavy atom. The summed E-state index contributed by atoms with van der Waals surface area (Å²) in [5, 5.41) is 2.65. The topological polar surface area (TPSA) is 0 Å². The molecule has 0 fully saturated rings. The Labute approximate surface area is 161 Å². The maximum Gasteiger partial charge on any atom is 3.00 e. The minimum atomic E-state index is 0. The number of benzene rings is 2. The number of rotatable bonds is 1. The van der Waals surface area contributed by atoms with Crippen LogP contribution in [0.3, 0.4) is 0 Å².